The molecule has 8 nitrogen and oxygen atoms in total. The molecule has 0 aliphatic carbocycles. The van der Waals surface area contributed by atoms with E-state index < -0.39 is 22.8 Å². The summed E-state index contributed by atoms with van der Waals surface area (Å²) < 4.78 is 6.54. The summed E-state index contributed by atoms with van der Waals surface area (Å²) in [5.41, 5.74) is 7.49. The maximum Gasteiger partial charge on any atom is 0.329 e. The predicted molar refractivity (Wildman–Crippen MR) is 141 cm³/mol. The van der Waals surface area contributed by atoms with Crippen molar-refractivity contribution >= 4 is 41.2 Å². The zero-order chi connectivity index (χ0) is 25.2. The van der Waals surface area contributed by atoms with Crippen LogP contribution in [0.5, 0.6) is 0 Å². The van der Waals surface area contributed by atoms with E-state index in [0.717, 1.165) is 23.0 Å². The van der Waals surface area contributed by atoms with Crippen LogP contribution in [-0.4, -0.2) is 45.6 Å². The summed E-state index contributed by atoms with van der Waals surface area (Å²) >= 11 is 2.66. The smallest absolute Gasteiger partial charge is 0.329 e. The van der Waals surface area contributed by atoms with Gasteiger partial charge in [-0.2, -0.15) is 16.7 Å². The Hall–Kier alpha value is -3.24. The van der Waals surface area contributed by atoms with Crippen LogP contribution in [-0.2, 0) is 20.1 Å². The number of aromatic nitrogens is 2. The number of nitrogens with zero attached hydrogens (tertiary/aromatic N) is 2. The third kappa shape index (κ3) is 7.37. The van der Waals surface area contributed by atoms with Gasteiger partial charge < -0.3 is 15.8 Å². The van der Waals surface area contributed by atoms with Gasteiger partial charge in [-0.3, -0.25) is 14.2 Å². The normalized spacial score (nSPS) is 12.5. The summed E-state index contributed by atoms with van der Waals surface area (Å²) in [7, 11) is 1.30. The Bertz CT molecular complexity index is 1190. The highest BCUT2D eigenvalue weighted by molar-refractivity contribution is 8.00. The molecule has 0 bridgehead atoms. The summed E-state index contributed by atoms with van der Waals surface area (Å²) in [6.07, 6.45) is 0.445. The summed E-state index contributed by atoms with van der Waals surface area (Å²) in [5, 5.41) is 2.51. The molecule has 2 aromatic carbocycles. The van der Waals surface area contributed by atoms with E-state index >= 15 is 0 Å². The van der Waals surface area contributed by atoms with Gasteiger partial charge in [0.05, 0.1) is 12.4 Å². The van der Waals surface area contributed by atoms with E-state index in [2.05, 4.69) is 10.3 Å². The first kappa shape index (κ1) is 26.4. The predicted octanol–water partition coefficient (Wildman–Crippen LogP) is 3.28. The lowest BCUT2D eigenvalue weighted by molar-refractivity contribution is -0.144. The molecule has 1 heterocycles. The van der Waals surface area contributed by atoms with Crippen molar-refractivity contribution in [3.8, 4) is 5.69 Å². The molecule has 3 aromatic rings. The van der Waals surface area contributed by atoms with Gasteiger partial charge in [-0.25, -0.2) is 4.79 Å². The van der Waals surface area contributed by atoms with Crippen molar-refractivity contribution in [2.24, 2.45) is 0 Å². The Kier molecular flexibility index (Phi) is 9.80. The van der Waals surface area contributed by atoms with Crippen LogP contribution in [0.15, 0.2) is 76.7 Å². The van der Waals surface area contributed by atoms with E-state index in [1.54, 1.807) is 4.57 Å². The lowest BCUT2D eigenvalue weighted by Gasteiger charge is -2.21. The second-order valence-electron chi connectivity index (χ2n) is 7.57. The molecule has 0 radical (unpaired) electrons. The second kappa shape index (κ2) is 13.0. The SMILES string of the molecule is CCC(Sc1nc(=O)cc(N)n1-c1ccccc1)C(=O)NC(CSCc1ccccc1)C(=O)OC. The van der Waals surface area contributed by atoms with Crippen molar-refractivity contribution in [2.75, 3.05) is 18.6 Å². The number of carbonyl (C=O) groups excluding carboxylic acids is 2. The molecule has 35 heavy (non-hydrogen) atoms. The number of benzene rings is 2. The molecule has 0 aliphatic heterocycles. The first-order chi connectivity index (χ1) is 16.9. The molecule has 0 aliphatic rings. The number of rotatable bonds is 11. The van der Waals surface area contributed by atoms with Crippen molar-refractivity contribution in [3.63, 3.8) is 0 Å². The number of carbonyl (C=O) groups is 2. The number of methoxy groups -OCH3 is 1. The lowest BCUT2D eigenvalue weighted by atomic mass is 10.2. The number of anilines is 1. The summed E-state index contributed by atoms with van der Waals surface area (Å²) in [4.78, 5) is 41.7. The molecule has 2 unspecified atom stereocenters. The van der Waals surface area contributed by atoms with E-state index in [1.807, 2.05) is 67.6 Å². The first-order valence-electron chi connectivity index (χ1n) is 11.0. The van der Waals surface area contributed by atoms with Gasteiger partial charge in [-0.05, 0) is 24.1 Å². The number of nitrogens with two attached hydrogens (primary N) is 1. The minimum atomic E-state index is -0.805. The molecule has 0 spiro atoms. The van der Waals surface area contributed by atoms with Crippen LogP contribution < -0.4 is 16.6 Å². The van der Waals surface area contributed by atoms with E-state index in [0.29, 0.717) is 23.1 Å². The van der Waals surface area contributed by atoms with Crippen LogP contribution >= 0.6 is 23.5 Å². The Labute approximate surface area is 212 Å². The van der Waals surface area contributed by atoms with Gasteiger partial charge in [0.25, 0.3) is 5.56 Å². The number of para-hydroxylation sites is 1. The zero-order valence-corrected chi connectivity index (χ0v) is 21.2. The molecular formula is C25H28N4O4S2. The van der Waals surface area contributed by atoms with Gasteiger partial charge in [-0.1, -0.05) is 67.2 Å². The van der Waals surface area contributed by atoms with Crippen LogP contribution in [0.3, 0.4) is 0 Å². The largest absolute Gasteiger partial charge is 0.467 e. The first-order valence-corrected chi connectivity index (χ1v) is 13.1. The fourth-order valence-corrected chi connectivity index (χ4v) is 5.34. The van der Waals surface area contributed by atoms with E-state index in [4.69, 9.17) is 10.5 Å². The number of nitrogens with one attached hydrogen (secondary N) is 1. The highest BCUT2D eigenvalue weighted by atomic mass is 32.2. The number of ether oxygens (including phenoxy) is 1. The summed E-state index contributed by atoms with van der Waals surface area (Å²) in [6, 6.07) is 19.6. The van der Waals surface area contributed by atoms with Gasteiger partial charge in [0, 0.05) is 23.3 Å². The van der Waals surface area contributed by atoms with Crippen molar-refractivity contribution in [1.29, 1.82) is 0 Å². The highest BCUT2D eigenvalue weighted by Gasteiger charge is 2.27. The molecule has 1 amide bonds. The van der Waals surface area contributed by atoms with E-state index in [1.165, 1.54) is 24.9 Å². The average molecular weight is 513 g/mol. The third-order valence-electron chi connectivity index (χ3n) is 5.05. The van der Waals surface area contributed by atoms with Crippen LogP contribution in [0.1, 0.15) is 18.9 Å². The Balaban J connectivity index is 1.75. The van der Waals surface area contributed by atoms with E-state index in [9.17, 15) is 14.4 Å². The number of thioether (sulfide) groups is 2. The topological polar surface area (TPSA) is 116 Å². The minimum Gasteiger partial charge on any atom is -0.467 e. The standard InChI is InChI=1S/C25H28N4O4S2/c1-3-20(35-25-28-22(30)14-21(26)29(25)18-12-8-5-9-13-18)23(31)27-19(24(32)33-2)16-34-15-17-10-6-4-7-11-17/h4-14,19-20H,3,15-16,26H2,1-2H3,(H,27,31). The molecule has 0 saturated carbocycles. The zero-order valence-electron chi connectivity index (χ0n) is 19.5. The number of nitrogen functional groups attached to an aromatic ring is 1. The maximum absolute atomic E-state index is 13.2. The van der Waals surface area contributed by atoms with Crippen molar-refractivity contribution < 1.29 is 14.3 Å². The Morgan fingerprint density at radius 3 is 2.40 bits per heavy atom. The fraction of sp³-hybridized carbons (Fsp3) is 0.280. The summed E-state index contributed by atoms with van der Waals surface area (Å²) in [6.45, 7) is 1.85. The van der Waals surface area contributed by atoms with Gasteiger partial charge in [0.15, 0.2) is 5.16 Å². The number of hydrogen-bond donors (Lipinski definition) is 2. The van der Waals surface area contributed by atoms with Gasteiger partial charge in [-0.15, -0.1) is 0 Å². The minimum absolute atomic E-state index is 0.221. The molecule has 3 rings (SSSR count). The third-order valence-corrected chi connectivity index (χ3v) is 7.47. The van der Waals surface area contributed by atoms with Crippen molar-refractivity contribution in [1.82, 2.24) is 14.9 Å². The van der Waals surface area contributed by atoms with Gasteiger partial charge in [0.1, 0.15) is 11.9 Å². The van der Waals surface area contributed by atoms with Crippen LogP contribution in [0.2, 0.25) is 0 Å². The number of hydrogen-bond acceptors (Lipinski definition) is 8. The van der Waals surface area contributed by atoms with Crippen molar-refractivity contribution in [3.05, 3.63) is 82.6 Å². The molecule has 184 valence electrons. The Morgan fingerprint density at radius 1 is 1.11 bits per heavy atom. The highest BCUT2D eigenvalue weighted by Crippen LogP contribution is 2.28. The second-order valence-corrected chi connectivity index (χ2v) is 9.77. The molecular weight excluding hydrogens is 484 g/mol. The van der Waals surface area contributed by atoms with Gasteiger partial charge >= 0.3 is 5.97 Å². The molecule has 3 N–H and O–H groups in total. The van der Waals surface area contributed by atoms with Crippen LogP contribution in [0.4, 0.5) is 5.82 Å². The van der Waals surface area contributed by atoms with Crippen LogP contribution in [0.25, 0.3) is 5.69 Å². The van der Waals surface area contributed by atoms with Gasteiger partial charge in [0.2, 0.25) is 5.91 Å². The fourth-order valence-electron chi connectivity index (χ4n) is 3.29. The molecule has 10 heteroatoms. The Morgan fingerprint density at radius 2 is 1.77 bits per heavy atom. The average Bonchev–Trinajstić information content (AvgIpc) is 2.86. The monoisotopic (exact) mass is 512 g/mol. The molecule has 0 fully saturated rings. The van der Waals surface area contributed by atoms with E-state index in [-0.39, 0.29) is 11.7 Å². The number of esters is 1. The summed E-state index contributed by atoms with van der Waals surface area (Å²) in [5.74, 6) is 0.428. The number of amides is 1. The molecule has 1 aromatic heterocycles. The molecule has 0 saturated heterocycles. The maximum atomic E-state index is 13.2. The van der Waals surface area contributed by atoms with Crippen molar-refractivity contribution in [2.45, 2.75) is 35.5 Å². The quantitative estimate of drug-likeness (QED) is 0.228. The molecule has 2 atom stereocenters. The lowest BCUT2D eigenvalue weighted by Crippen LogP contribution is -2.46. The van der Waals surface area contributed by atoms with Crippen LogP contribution in [0, 0.1) is 0 Å².